The van der Waals surface area contributed by atoms with Crippen molar-refractivity contribution in [1.82, 2.24) is 22.5 Å². The molecule has 0 atom stereocenters. The lowest BCUT2D eigenvalue weighted by atomic mass is 10.1. The van der Waals surface area contributed by atoms with Crippen LogP contribution in [0.3, 0.4) is 0 Å². The third-order valence-corrected chi connectivity index (χ3v) is 11.4. The fraction of sp³-hybridized carbons (Fsp3) is 1.00. The van der Waals surface area contributed by atoms with Crippen LogP contribution in [0, 0.1) is 5.41 Å². The van der Waals surface area contributed by atoms with Gasteiger partial charge in [-0.25, -0.2) is 0 Å². The van der Waals surface area contributed by atoms with Crippen LogP contribution in [0.4, 0.5) is 0 Å². The SMILES string of the molecule is O=S(=O)(N1CCCCC1)N1CCCNCCCN(S(=O)(=O)N2CCCCC2)CC2(CC2)C1. The van der Waals surface area contributed by atoms with E-state index in [1.165, 1.54) is 0 Å². The van der Waals surface area contributed by atoms with Crippen LogP contribution in [-0.4, -0.2) is 99.5 Å². The Bertz CT molecular complexity index is 755. The monoisotopic (exact) mass is 491 g/mol. The second-order valence-electron chi connectivity index (χ2n) is 10.1. The summed E-state index contributed by atoms with van der Waals surface area (Å²) in [6.07, 6.45) is 9.18. The molecular formula is C21H41N5O4S2. The number of hydrogen-bond acceptors (Lipinski definition) is 5. The molecule has 186 valence electrons. The molecule has 1 aliphatic carbocycles. The molecule has 4 fully saturated rings. The van der Waals surface area contributed by atoms with Crippen molar-refractivity contribution < 1.29 is 16.8 Å². The lowest BCUT2D eigenvalue weighted by Crippen LogP contribution is -2.52. The van der Waals surface area contributed by atoms with Crippen molar-refractivity contribution in [2.45, 2.75) is 64.2 Å². The Kier molecular flexibility index (Phi) is 8.17. The molecule has 0 aromatic heterocycles. The van der Waals surface area contributed by atoms with Gasteiger partial charge in [0.05, 0.1) is 0 Å². The summed E-state index contributed by atoms with van der Waals surface area (Å²) in [5, 5.41) is 3.37. The van der Waals surface area contributed by atoms with E-state index in [4.69, 9.17) is 0 Å². The predicted octanol–water partition coefficient (Wildman–Crippen LogP) is 1.22. The minimum atomic E-state index is -3.52. The second-order valence-corrected chi connectivity index (χ2v) is 13.9. The number of piperidine rings is 2. The van der Waals surface area contributed by atoms with Crippen LogP contribution >= 0.6 is 0 Å². The third kappa shape index (κ3) is 5.84. The number of hydrogen-bond donors (Lipinski definition) is 1. The molecule has 9 nitrogen and oxygen atoms in total. The molecule has 32 heavy (non-hydrogen) atoms. The summed E-state index contributed by atoms with van der Waals surface area (Å²) in [4.78, 5) is 0. The maximum Gasteiger partial charge on any atom is 0.281 e. The van der Waals surface area contributed by atoms with E-state index in [0.717, 1.165) is 77.3 Å². The Morgan fingerprint density at radius 2 is 0.875 bits per heavy atom. The van der Waals surface area contributed by atoms with E-state index in [1.54, 1.807) is 17.2 Å². The van der Waals surface area contributed by atoms with Crippen LogP contribution in [0.2, 0.25) is 0 Å². The first-order valence-electron chi connectivity index (χ1n) is 12.5. The molecule has 0 aromatic carbocycles. The molecule has 3 saturated heterocycles. The molecule has 0 bridgehead atoms. The van der Waals surface area contributed by atoms with E-state index in [2.05, 4.69) is 5.32 Å². The van der Waals surface area contributed by atoms with Gasteiger partial charge in [-0.2, -0.15) is 34.1 Å². The molecule has 1 spiro atoms. The zero-order valence-corrected chi connectivity index (χ0v) is 21.0. The van der Waals surface area contributed by atoms with Crippen LogP contribution in [0.25, 0.3) is 0 Å². The standard InChI is InChI=1S/C21H41N5O4S2/c27-31(28,23-13-3-1-4-14-23)25-17-7-11-22-12-8-18-26(20-21(19-25)9-10-21)32(29,30)24-15-5-2-6-16-24/h22H,1-20H2. The van der Waals surface area contributed by atoms with E-state index in [1.807, 2.05) is 0 Å². The number of nitrogens with one attached hydrogen (secondary N) is 1. The zero-order chi connectivity index (χ0) is 22.7. The van der Waals surface area contributed by atoms with Gasteiger partial charge in [0, 0.05) is 52.4 Å². The van der Waals surface area contributed by atoms with Crippen LogP contribution in [0.1, 0.15) is 64.2 Å². The maximum atomic E-state index is 13.5. The minimum Gasteiger partial charge on any atom is -0.317 e. The average Bonchev–Trinajstić information content (AvgIpc) is 3.56. The molecule has 4 rings (SSSR count). The van der Waals surface area contributed by atoms with Gasteiger partial charge in [-0.3, -0.25) is 0 Å². The summed E-state index contributed by atoms with van der Waals surface area (Å²) in [5.74, 6) is 0. The maximum absolute atomic E-state index is 13.5. The summed E-state index contributed by atoms with van der Waals surface area (Å²) in [6.45, 7) is 5.72. The lowest BCUT2D eigenvalue weighted by molar-refractivity contribution is 0.229. The first kappa shape index (κ1) is 24.8. The summed E-state index contributed by atoms with van der Waals surface area (Å²) in [7, 11) is -7.04. The Balaban J connectivity index is 1.53. The predicted molar refractivity (Wildman–Crippen MR) is 126 cm³/mol. The van der Waals surface area contributed by atoms with Gasteiger partial charge in [0.15, 0.2) is 0 Å². The van der Waals surface area contributed by atoms with Gasteiger partial charge in [-0.1, -0.05) is 12.8 Å². The van der Waals surface area contributed by atoms with Gasteiger partial charge >= 0.3 is 0 Å². The summed E-state index contributed by atoms with van der Waals surface area (Å²) < 4.78 is 60.6. The van der Waals surface area contributed by atoms with Crippen molar-refractivity contribution in [3.8, 4) is 0 Å². The van der Waals surface area contributed by atoms with Gasteiger partial charge < -0.3 is 5.32 Å². The zero-order valence-electron chi connectivity index (χ0n) is 19.4. The van der Waals surface area contributed by atoms with Crippen molar-refractivity contribution in [3.05, 3.63) is 0 Å². The normalized spacial score (nSPS) is 28.8. The van der Waals surface area contributed by atoms with Crippen LogP contribution in [-0.2, 0) is 20.4 Å². The highest BCUT2D eigenvalue weighted by atomic mass is 32.2. The van der Waals surface area contributed by atoms with E-state index in [9.17, 15) is 16.8 Å². The van der Waals surface area contributed by atoms with Crippen LogP contribution in [0.15, 0.2) is 0 Å². The fourth-order valence-electron chi connectivity index (χ4n) is 5.25. The molecule has 4 aliphatic rings. The Morgan fingerprint density at radius 1 is 0.500 bits per heavy atom. The van der Waals surface area contributed by atoms with E-state index in [0.29, 0.717) is 52.4 Å². The lowest BCUT2D eigenvalue weighted by Gasteiger charge is -2.37. The Morgan fingerprint density at radius 3 is 1.25 bits per heavy atom. The number of rotatable bonds is 4. The highest BCUT2D eigenvalue weighted by Crippen LogP contribution is 2.48. The Hall–Kier alpha value is -0.300. The topological polar surface area (TPSA) is 93.3 Å². The summed E-state index contributed by atoms with van der Waals surface area (Å²) in [6, 6.07) is 0. The highest BCUT2D eigenvalue weighted by Gasteiger charge is 2.49. The smallest absolute Gasteiger partial charge is 0.281 e. The number of nitrogens with zero attached hydrogens (tertiary/aromatic N) is 4. The highest BCUT2D eigenvalue weighted by molar-refractivity contribution is 7.87. The molecule has 3 aliphatic heterocycles. The summed E-state index contributed by atoms with van der Waals surface area (Å²) >= 11 is 0. The van der Waals surface area contributed by atoms with Gasteiger partial charge in [0.2, 0.25) is 0 Å². The van der Waals surface area contributed by atoms with Crippen molar-refractivity contribution in [2.75, 3.05) is 65.4 Å². The molecule has 0 radical (unpaired) electrons. The molecule has 1 saturated carbocycles. The molecule has 11 heteroatoms. The van der Waals surface area contributed by atoms with Crippen molar-refractivity contribution in [2.24, 2.45) is 5.41 Å². The van der Waals surface area contributed by atoms with Crippen LogP contribution in [0.5, 0.6) is 0 Å². The minimum absolute atomic E-state index is 0.252. The first-order valence-corrected chi connectivity index (χ1v) is 15.3. The third-order valence-electron chi connectivity index (χ3n) is 7.44. The van der Waals surface area contributed by atoms with Crippen LogP contribution < -0.4 is 5.32 Å². The molecular weight excluding hydrogens is 450 g/mol. The van der Waals surface area contributed by atoms with Gasteiger partial charge in [0.1, 0.15) is 0 Å². The molecule has 0 amide bonds. The molecule has 0 unspecified atom stereocenters. The van der Waals surface area contributed by atoms with Gasteiger partial charge in [-0.05, 0) is 69.9 Å². The Labute approximate surface area is 194 Å². The molecule has 0 aromatic rings. The summed E-state index contributed by atoms with van der Waals surface area (Å²) in [5.41, 5.74) is -0.252. The van der Waals surface area contributed by atoms with E-state index in [-0.39, 0.29) is 5.41 Å². The fourth-order valence-corrected chi connectivity index (χ4v) is 8.93. The van der Waals surface area contributed by atoms with Crippen molar-refractivity contribution in [3.63, 3.8) is 0 Å². The van der Waals surface area contributed by atoms with E-state index >= 15 is 0 Å². The molecule has 3 heterocycles. The second kappa shape index (κ2) is 10.5. The first-order chi connectivity index (χ1) is 15.3. The molecule has 1 N–H and O–H groups in total. The van der Waals surface area contributed by atoms with Crippen molar-refractivity contribution >= 4 is 20.4 Å². The average molecular weight is 492 g/mol. The van der Waals surface area contributed by atoms with E-state index < -0.39 is 20.4 Å². The largest absolute Gasteiger partial charge is 0.317 e. The van der Waals surface area contributed by atoms with Gasteiger partial charge in [-0.15, -0.1) is 0 Å². The quantitative estimate of drug-likeness (QED) is 0.638. The van der Waals surface area contributed by atoms with Crippen molar-refractivity contribution in [1.29, 1.82) is 0 Å². The van der Waals surface area contributed by atoms with Gasteiger partial charge in [0.25, 0.3) is 20.4 Å².